The minimum absolute atomic E-state index is 0.135. The zero-order valence-electron chi connectivity index (χ0n) is 45.6. The van der Waals surface area contributed by atoms with E-state index in [1.807, 2.05) is 115 Å². The van der Waals surface area contributed by atoms with E-state index in [-0.39, 0.29) is 16.9 Å². The molecule has 9 aromatic carbocycles. The summed E-state index contributed by atoms with van der Waals surface area (Å²) >= 11 is 0. The highest BCUT2D eigenvalue weighted by Gasteiger charge is 2.17. The van der Waals surface area contributed by atoms with Crippen LogP contribution in [0.2, 0.25) is 0 Å². The Hall–Kier alpha value is -8.15. The molecule has 1 aromatic heterocycles. The molecular formula is C55H38N4O. The Balaban J connectivity index is 1.07. The molecule has 5 heteroatoms. The van der Waals surface area contributed by atoms with Crippen LogP contribution >= 0.6 is 0 Å². The first kappa shape index (κ1) is 23.9. The molecule has 5 nitrogen and oxygen atoms in total. The van der Waals surface area contributed by atoms with E-state index in [0.717, 1.165) is 38.6 Å². The van der Waals surface area contributed by atoms with Crippen LogP contribution < -0.4 is 9.64 Å². The Morgan fingerprint density at radius 1 is 0.367 bits per heavy atom. The first-order valence-corrected chi connectivity index (χ1v) is 18.9. The standard InChI is InChI=1S/C55H38N4O/c1-5-18-40(19-6-1)53-56-54(41-20-7-2-8-21-41)58-55(57-53)51-37-36-47(49-29-13-14-30-50(49)51)42-22-17-27-46(38-42)60-52-31-16-15-28-48(52)39-32-34-45(35-33-39)59(43-23-9-3-10-24-43)44-25-11-4-12-26-44/h1-38H/i3D,4D,9D,10D,11D,12D,23D,24D,25D,26D,32D,33D,34D,35D. The first-order chi connectivity index (χ1) is 35.6. The van der Waals surface area contributed by atoms with Gasteiger partial charge in [-0.05, 0) is 88.0 Å². The second-order valence-electron chi connectivity index (χ2n) is 13.4. The van der Waals surface area contributed by atoms with Crippen LogP contribution in [0.25, 0.3) is 67.2 Å². The van der Waals surface area contributed by atoms with Gasteiger partial charge in [-0.1, -0.05) is 170 Å². The van der Waals surface area contributed by atoms with Crippen LogP contribution in [0.4, 0.5) is 17.1 Å². The van der Waals surface area contributed by atoms with Crippen LogP contribution in [0, 0.1) is 0 Å². The van der Waals surface area contributed by atoms with E-state index < -0.39 is 102 Å². The molecule has 0 fully saturated rings. The molecule has 284 valence electrons. The maximum atomic E-state index is 9.39. The number of hydrogen-bond donors (Lipinski definition) is 0. The maximum Gasteiger partial charge on any atom is 0.164 e. The molecule has 0 saturated heterocycles. The van der Waals surface area contributed by atoms with Crippen molar-refractivity contribution in [2.24, 2.45) is 0 Å². The van der Waals surface area contributed by atoms with E-state index in [1.54, 1.807) is 30.3 Å². The topological polar surface area (TPSA) is 51.1 Å². The molecule has 0 atom stereocenters. The molecule has 0 N–H and O–H groups in total. The van der Waals surface area contributed by atoms with Crippen molar-refractivity contribution in [3.05, 3.63) is 230 Å². The summed E-state index contributed by atoms with van der Waals surface area (Å²) in [6.45, 7) is 0. The molecule has 1 heterocycles. The van der Waals surface area contributed by atoms with E-state index in [9.17, 15) is 5.48 Å². The summed E-state index contributed by atoms with van der Waals surface area (Å²) < 4.78 is 129. The molecule has 0 saturated carbocycles. The number of fused-ring (bicyclic) bond motifs is 1. The summed E-state index contributed by atoms with van der Waals surface area (Å²) in [6.07, 6.45) is 0. The van der Waals surface area contributed by atoms with Gasteiger partial charge in [0.25, 0.3) is 0 Å². The highest BCUT2D eigenvalue weighted by molar-refractivity contribution is 6.04. The zero-order valence-corrected chi connectivity index (χ0v) is 31.6. The molecule has 0 radical (unpaired) electrons. The van der Waals surface area contributed by atoms with Crippen molar-refractivity contribution in [3.63, 3.8) is 0 Å². The Morgan fingerprint density at radius 2 is 0.867 bits per heavy atom. The third kappa shape index (κ3) is 7.39. The molecule has 0 bridgehead atoms. The first-order valence-electron chi connectivity index (χ1n) is 25.9. The normalized spacial score (nSPS) is 14.3. The predicted molar refractivity (Wildman–Crippen MR) is 246 cm³/mol. The lowest BCUT2D eigenvalue weighted by Crippen LogP contribution is -2.09. The smallest absolute Gasteiger partial charge is 0.164 e. The van der Waals surface area contributed by atoms with E-state index in [1.165, 1.54) is 0 Å². The number of anilines is 3. The average molecular weight is 785 g/mol. The molecular weight excluding hydrogens is 733 g/mol. The molecule has 60 heavy (non-hydrogen) atoms. The number of aromatic nitrogens is 3. The Kier molecular flexibility index (Phi) is 6.53. The van der Waals surface area contributed by atoms with Crippen molar-refractivity contribution < 1.29 is 23.9 Å². The molecule has 0 aliphatic rings. The van der Waals surface area contributed by atoms with Gasteiger partial charge in [0.2, 0.25) is 0 Å². The number of rotatable bonds is 10. The van der Waals surface area contributed by atoms with Crippen LogP contribution in [0.15, 0.2) is 230 Å². The van der Waals surface area contributed by atoms with Crippen molar-refractivity contribution >= 4 is 27.8 Å². The van der Waals surface area contributed by atoms with Crippen LogP contribution in [-0.2, 0) is 0 Å². The number of hydrogen-bond acceptors (Lipinski definition) is 5. The summed E-state index contributed by atoms with van der Waals surface area (Å²) in [5, 5.41) is 1.78. The van der Waals surface area contributed by atoms with Gasteiger partial charge in [-0.2, -0.15) is 0 Å². The molecule has 0 unspecified atom stereocenters. The van der Waals surface area contributed by atoms with Crippen LogP contribution in [0.5, 0.6) is 11.5 Å². The van der Waals surface area contributed by atoms with Crippen LogP contribution in [0.1, 0.15) is 19.2 Å². The lowest BCUT2D eigenvalue weighted by molar-refractivity contribution is 0.485. The predicted octanol–water partition coefficient (Wildman–Crippen LogP) is 14.6. The average Bonchev–Trinajstić information content (AvgIpc) is 3.44. The van der Waals surface area contributed by atoms with E-state index in [2.05, 4.69) is 0 Å². The van der Waals surface area contributed by atoms with E-state index in [0.29, 0.717) is 28.1 Å². The lowest BCUT2D eigenvalue weighted by Gasteiger charge is -2.25. The highest BCUT2D eigenvalue weighted by Crippen LogP contribution is 2.40. The number of ether oxygens (including phenoxy) is 1. The lowest BCUT2D eigenvalue weighted by atomic mass is 9.94. The molecule has 10 rings (SSSR count). The maximum absolute atomic E-state index is 9.39. The fourth-order valence-electron chi connectivity index (χ4n) is 6.89. The second kappa shape index (κ2) is 16.4. The Morgan fingerprint density at radius 3 is 1.50 bits per heavy atom. The molecule has 0 spiro atoms. The summed E-state index contributed by atoms with van der Waals surface area (Å²) in [5.41, 5.74) is 1.78. The van der Waals surface area contributed by atoms with Gasteiger partial charge in [0.05, 0.1) is 19.2 Å². The highest BCUT2D eigenvalue weighted by atomic mass is 16.5. The third-order valence-corrected chi connectivity index (χ3v) is 9.65. The molecule has 10 aromatic rings. The van der Waals surface area contributed by atoms with Gasteiger partial charge >= 0.3 is 0 Å². The van der Waals surface area contributed by atoms with Gasteiger partial charge in [-0.3, -0.25) is 0 Å². The number of para-hydroxylation sites is 3. The second-order valence-corrected chi connectivity index (χ2v) is 13.4. The summed E-state index contributed by atoms with van der Waals surface area (Å²) in [6, 6.07) is 33.6. The van der Waals surface area contributed by atoms with E-state index in [4.69, 9.17) is 33.4 Å². The molecule has 0 aliphatic heterocycles. The largest absolute Gasteiger partial charge is 0.457 e. The Bertz CT molecular complexity index is 3690. The van der Waals surface area contributed by atoms with Gasteiger partial charge in [-0.15, -0.1) is 0 Å². The van der Waals surface area contributed by atoms with Crippen molar-refractivity contribution in [1.82, 2.24) is 15.0 Å². The summed E-state index contributed by atoms with van der Waals surface area (Å²) in [7, 11) is 0. The summed E-state index contributed by atoms with van der Waals surface area (Å²) in [4.78, 5) is 15.4. The quantitative estimate of drug-likeness (QED) is 0.138. The fraction of sp³-hybridized carbons (Fsp3) is 0. The Labute approximate surface area is 369 Å². The van der Waals surface area contributed by atoms with Gasteiger partial charge < -0.3 is 9.64 Å². The SMILES string of the molecule is [2H]c1c([2H])c([2H])c(N(c2c([2H])c([2H])c([2H])c([2H])c2[2H])c2c([2H])c([2H])c(-c3ccccc3Oc3cccc(-c4ccc(-c5nc(-c6ccccc6)nc(-c6ccccc6)n5)c5ccccc45)c3)c([2H])c2[2H])c([2H])c1[2H]. The van der Waals surface area contributed by atoms with Crippen LogP contribution in [-0.4, -0.2) is 15.0 Å². The number of benzene rings is 9. The molecule has 0 amide bonds. The minimum Gasteiger partial charge on any atom is -0.457 e. The zero-order chi connectivity index (χ0) is 52.3. The van der Waals surface area contributed by atoms with E-state index >= 15 is 0 Å². The van der Waals surface area contributed by atoms with Gasteiger partial charge in [0.15, 0.2) is 17.5 Å². The molecule has 0 aliphatic carbocycles. The minimum atomic E-state index is -0.883. The summed E-state index contributed by atoms with van der Waals surface area (Å²) in [5.74, 6) is 2.05. The van der Waals surface area contributed by atoms with Crippen molar-refractivity contribution in [2.45, 2.75) is 0 Å². The van der Waals surface area contributed by atoms with Crippen LogP contribution in [0.3, 0.4) is 0 Å². The number of nitrogens with zero attached hydrogens (tertiary/aromatic N) is 4. The third-order valence-electron chi connectivity index (χ3n) is 9.65. The van der Waals surface area contributed by atoms with Gasteiger partial charge in [0, 0.05) is 39.3 Å². The fourth-order valence-corrected chi connectivity index (χ4v) is 6.89. The monoisotopic (exact) mass is 784 g/mol. The van der Waals surface area contributed by atoms with Crippen molar-refractivity contribution in [3.8, 4) is 67.9 Å². The van der Waals surface area contributed by atoms with Gasteiger partial charge in [-0.25, -0.2) is 15.0 Å². The van der Waals surface area contributed by atoms with Crippen molar-refractivity contribution in [2.75, 3.05) is 4.90 Å². The van der Waals surface area contributed by atoms with Gasteiger partial charge in [0.1, 0.15) is 11.5 Å². The van der Waals surface area contributed by atoms with Crippen molar-refractivity contribution in [1.29, 1.82) is 0 Å².